The van der Waals surface area contributed by atoms with E-state index in [-0.39, 0.29) is 11.9 Å². The van der Waals surface area contributed by atoms with Crippen molar-refractivity contribution < 1.29 is 14.3 Å². The summed E-state index contributed by atoms with van der Waals surface area (Å²) < 4.78 is 5.83. The summed E-state index contributed by atoms with van der Waals surface area (Å²) in [7, 11) is 4.40. The van der Waals surface area contributed by atoms with Gasteiger partial charge in [-0.3, -0.25) is 9.59 Å². The van der Waals surface area contributed by atoms with Gasteiger partial charge in [-0.05, 0) is 78.6 Å². The van der Waals surface area contributed by atoms with Gasteiger partial charge in [0, 0.05) is 25.4 Å². The molecule has 0 fully saturated rings. The van der Waals surface area contributed by atoms with Gasteiger partial charge in [0.05, 0.1) is 12.5 Å². The second kappa shape index (κ2) is 48.5. The lowest BCUT2D eigenvalue weighted by Crippen LogP contribution is -2.33. The zero-order valence-corrected chi connectivity index (χ0v) is 42.8. The lowest BCUT2D eigenvalue weighted by Gasteiger charge is -2.24. The predicted molar refractivity (Wildman–Crippen MR) is 270 cm³/mol. The average molecular weight is 862 g/mol. The van der Waals surface area contributed by atoms with Crippen molar-refractivity contribution >= 4 is 11.8 Å². The fraction of sp³-hybridized carbons (Fsp3) is 0.964. The Labute approximate surface area is 384 Å². The van der Waals surface area contributed by atoms with Gasteiger partial charge in [-0.15, -0.1) is 0 Å². The molecule has 0 aliphatic heterocycles. The van der Waals surface area contributed by atoms with Crippen molar-refractivity contribution in [1.29, 1.82) is 0 Å². The second-order valence-electron chi connectivity index (χ2n) is 19.9. The number of ketones is 1. The molecule has 0 saturated carbocycles. The highest BCUT2D eigenvalue weighted by atomic mass is 16.5. The smallest absolute Gasteiger partial charge is 0.308 e. The summed E-state index contributed by atoms with van der Waals surface area (Å²) in [5, 5.41) is 0. The summed E-state index contributed by atoms with van der Waals surface area (Å²) in [6.45, 7) is 14.5. The van der Waals surface area contributed by atoms with E-state index in [1.807, 2.05) is 0 Å². The zero-order chi connectivity index (χ0) is 44.7. The van der Waals surface area contributed by atoms with Crippen molar-refractivity contribution in [2.24, 2.45) is 11.8 Å². The van der Waals surface area contributed by atoms with Crippen molar-refractivity contribution in [3.63, 3.8) is 0 Å². The molecule has 0 N–H and O–H groups in total. The first kappa shape index (κ1) is 60.1. The highest BCUT2D eigenvalue weighted by Crippen LogP contribution is 2.24. The quantitative estimate of drug-likeness (QED) is 0.0450. The number of carbonyl (C=O) groups is 2. The van der Waals surface area contributed by atoms with Crippen LogP contribution in [0.3, 0.4) is 0 Å². The molecule has 0 aromatic heterocycles. The molecule has 0 aliphatic rings. The minimum Gasteiger partial charge on any atom is -0.465 e. The van der Waals surface area contributed by atoms with Gasteiger partial charge in [0.1, 0.15) is 5.78 Å². The third-order valence-electron chi connectivity index (χ3n) is 13.5. The molecule has 0 heterocycles. The molecule has 0 aromatic rings. The Morgan fingerprint density at radius 2 is 0.689 bits per heavy atom. The first-order chi connectivity index (χ1) is 29.9. The Kier molecular flexibility index (Phi) is 47.8. The van der Waals surface area contributed by atoms with Crippen LogP contribution in [-0.4, -0.2) is 68.4 Å². The number of carbonyl (C=O) groups excluding carboxylic acids is 2. The van der Waals surface area contributed by atoms with Crippen molar-refractivity contribution in [2.75, 3.05) is 46.9 Å². The monoisotopic (exact) mass is 861 g/mol. The molecule has 61 heavy (non-hydrogen) atoms. The van der Waals surface area contributed by atoms with Crippen LogP contribution < -0.4 is 0 Å². The fourth-order valence-corrected chi connectivity index (χ4v) is 9.19. The summed E-state index contributed by atoms with van der Waals surface area (Å²) in [4.78, 5) is 31.2. The molecule has 364 valence electrons. The first-order valence-corrected chi connectivity index (χ1v) is 28.0. The standard InChI is InChI=1S/C56H112N2O3/c1-7-11-15-19-29-37-44-53(43-35-17-13-9-3)55(59)47-39-31-25-22-21-23-26-32-40-48-58(51-50-57(5)6)49-41-33-27-24-28-34-42-52-61-56(60)54(45-36-18-14-10-4)46-38-30-20-16-12-8-2/h53-54H,7-52H2,1-6H3. The number of nitrogens with zero attached hydrogens (tertiary/aromatic N) is 2. The van der Waals surface area contributed by atoms with Crippen molar-refractivity contribution in [2.45, 2.75) is 291 Å². The average Bonchev–Trinajstić information content (AvgIpc) is 3.25. The van der Waals surface area contributed by atoms with Crippen LogP contribution in [-0.2, 0) is 14.3 Å². The molecule has 0 saturated heterocycles. The van der Waals surface area contributed by atoms with E-state index in [9.17, 15) is 9.59 Å². The summed E-state index contributed by atoms with van der Waals surface area (Å²) in [6.07, 6.45) is 51.5. The number of esters is 1. The highest BCUT2D eigenvalue weighted by molar-refractivity contribution is 5.80. The third-order valence-corrected chi connectivity index (χ3v) is 13.5. The van der Waals surface area contributed by atoms with E-state index in [2.05, 4.69) is 51.6 Å². The topological polar surface area (TPSA) is 49.9 Å². The first-order valence-electron chi connectivity index (χ1n) is 28.0. The van der Waals surface area contributed by atoms with Crippen LogP contribution in [0.4, 0.5) is 0 Å². The molecule has 5 nitrogen and oxygen atoms in total. The number of ether oxygens (including phenoxy) is 1. The van der Waals surface area contributed by atoms with E-state index in [4.69, 9.17) is 4.74 Å². The summed E-state index contributed by atoms with van der Waals surface area (Å²) in [6, 6.07) is 0. The van der Waals surface area contributed by atoms with Gasteiger partial charge in [-0.2, -0.15) is 0 Å². The van der Waals surface area contributed by atoms with Gasteiger partial charge in [-0.25, -0.2) is 0 Å². The lowest BCUT2D eigenvalue weighted by molar-refractivity contribution is -0.149. The molecule has 0 amide bonds. The Bertz CT molecular complexity index is 893. The molecule has 0 aliphatic carbocycles. The lowest BCUT2D eigenvalue weighted by atomic mass is 9.88. The molecule has 2 atom stereocenters. The molecular weight excluding hydrogens is 749 g/mol. The Hall–Kier alpha value is -0.940. The zero-order valence-electron chi connectivity index (χ0n) is 42.8. The molecule has 2 unspecified atom stereocenters. The highest BCUT2D eigenvalue weighted by Gasteiger charge is 2.20. The SMILES string of the molecule is CCCCCCCCC(CCCCCC)C(=O)CCCCCCCCCCCN(CCCCCCCCCOC(=O)C(CCCCCC)CCCCCCCC)CCN(C)C. The molecular formula is C56H112N2O3. The number of hydrogen-bond donors (Lipinski definition) is 0. The van der Waals surface area contributed by atoms with Gasteiger partial charge >= 0.3 is 5.97 Å². The number of hydrogen-bond acceptors (Lipinski definition) is 5. The van der Waals surface area contributed by atoms with Crippen molar-refractivity contribution in [1.82, 2.24) is 9.80 Å². The van der Waals surface area contributed by atoms with Gasteiger partial charge < -0.3 is 14.5 Å². The number of Topliss-reactive ketones (excluding diaryl/α,β-unsaturated/α-hetero) is 1. The summed E-state index contributed by atoms with van der Waals surface area (Å²) >= 11 is 0. The van der Waals surface area contributed by atoms with E-state index >= 15 is 0 Å². The Morgan fingerprint density at radius 1 is 0.361 bits per heavy atom. The summed E-state index contributed by atoms with van der Waals surface area (Å²) in [5.74, 6) is 1.14. The van der Waals surface area contributed by atoms with Crippen LogP contribution in [0, 0.1) is 11.8 Å². The predicted octanol–water partition coefficient (Wildman–Crippen LogP) is 17.3. The van der Waals surface area contributed by atoms with Crippen molar-refractivity contribution in [3.8, 4) is 0 Å². The molecule has 0 rings (SSSR count). The normalized spacial score (nSPS) is 12.8. The van der Waals surface area contributed by atoms with Crippen LogP contribution in [0.2, 0.25) is 0 Å². The maximum Gasteiger partial charge on any atom is 0.308 e. The van der Waals surface area contributed by atoms with Gasteiger partial charge in [0.25, 0.3) is 0 Å². The fourth-order valence-electron chi connectivity index (χ4n) is 9.19. The molecule has 5 heteroatoms. The van der Waals surface area contributed by atoms with E-state index in [0.717, 1.165) is 51.5 Å². The van der Waals surface area contributed by atoms with Gasteiger partial charge in [-0.1, -0.05) is 233 Å². The maximum atomic E-state index is 13.2. The molecule has 0 aromatic carbocycles. The van der Waals surface area contributed by atoms with Crippen molar-refractivity contribution in [3.05, 3.63) is 0 Å². The third kappa shape index (κ3) is 42.8. The van der Waals surface area contributed by atoms with E-state index in [1.165, 1.54) is 238 Å². The van der Waals surface area contributed by atoms with E-state index in [0.29, 0.717) is 18.3 Å². The Morgan fingerprint density at radius 3 is 1.10 bits per heavy atom. The number of likely N-dealkylation sites (N-methyl/N-ethyl adjacent to an activating group) is 1. The van der Waals surface area contributed by atoms with Crippen LogP contribution in [0.15, 0.2) is 0 Å². The van der Waals surface area contributed by atoms with Crippen LogP contribution in [0.5, 0.6) is 0 Å². The largest absolute Gasteiger partial charge is 0.465 e. The van der Waals surface area contributed by atoms with Gasteiger partial charge in [0.15, 0.2) is 0 Å². The number of unbranched alkanes of at least 4 members (excludes halogenated alkanes) is 30. The summed E-state index contributed by atoms with van der Waals surface area (Å²) in [5.41, 5.74) is 0. The second-order valence-corrected chi connectivity index (χ2v) is 19.9. The molecule has 0 bridgehead atoms. The van der Waals surface area contributed by atoms with Crippen LogP contribution >= 0.6 is 0 Å². The maximum absolute atomic E-state index is 13.2. The molecule has 0 spiro atoms. The van der Waals surface area contributed by atoms with Crippen LogP contribution in [0.1, 0.15) is 291 Å². The Balaban J connectivity index is 4.11. The minimum atomic E-state index is 0.0886. The van der Waals surface area contributed by atoms with Crippen LogP contribution in [0.25, 0.3) is 0 Å². The number of rotatable bonds is 51. The van der Waals surface area contributed by atoms with E-state index < -0.39 is 0 Å². The minimum absolute atomic E-state index is 0.0886. The van der Waals surface area contributed by atoms with E-state index in [1.54, 1.807) is 0 Å². The molecule has 0 radical (unpaired) electrons. The van der Waals surface area contributed by atoms with Gasteiger partial charge in [0.2, 0.25) is 0 Å².